The topological polar surface area (TPSA) is 731 Å². The van der Waals surface area contributed by atoms with Crippen molar-refractivity contribution in [1.29, 1.82) is 0 Å². The molecule has 5 rings (SSSR count). The van der Waals surface area contributed by atoms with Crippen LogP contribution in [0.15, 0.2) is 30.3 Å². The number of carbonyl (C=O) groups excluding carboxylic acids is 16. The predicted octanol–water partition coefficient (Wildman–Crippen LogP) is -10.2. The van der Waals surface area contributed by atoms with Crippen LogP contribution < -0.4 is 136 Å². The van der Waals surface area contributed by atoms with Gasteiger partial charge in [-0.25, -0.2) is 0 Å². The molecule has 0 unspecified atom stereocenters. The average molecular weight is 1730 g/mol. The van der Waals surface area contributed by atoms with Crippen LogP contribution in [0.2, 0.25) is 0 Å². The lowest BCUT2D eigenvalue weighted by atomic mass is 9.97. The van der Waals surface area contributed by atoms with E-state index in [4.69, 9.17) is 34.4 Å². The van der Waals surface area contributed by atoms with Crippen LogP contribution in [0.5, 0.6) is 0 Å². The Morgan fingerprint density at radius 3 is 1.39 bits per heavy atom. The van der Waals surface area contributed by atoms with E-state index >= 15 is 0 Å². The van der Waals surface area contributed by atoms with Crippen LogP contribution in [0.1, 0.15) is 182 Å². The van der Waals surface area contributed by atoms with E-state index in [1.165, 1.54) is 6.92 Å². The molecule has 1 heterocycles. The maximum absolute atomic E-state index is 14.5. The van der Waals surface area contributed by atoms with E-state index in [1.807, 2.05) is 33.0 Å². The van der Waals surface area contributed by atoms with Gasteiger partial charge in [0.1, 0.15) is 79.4 Å². The molecule has 684 valence electrons. The second-order valence-corrected chi connectivity index (χ2v) is 33.4. The molecule has 122 heavy (non-hydrogen) atoms. The van der Waals surface area contributed by atoms with E-state index in [2.05, 4.69) is 96.5 Å². The van der Waals surface area contributed by atoms with Crippen LogP contribution >= 0.6 is 0 Å². The average Bonchev–Trinajstić information content (AvgIpc) is 1.57. The number of rotatable bonds is 54. The molecular weight excluding hydrogens is 1590 g/mol. The Morgan fingerprint density at radius 2 is 0.893 bits per heavy atom. The first-order chi connectivity index (χ1) is 57.7. The minimum Gasteiger partial charge on any atom is -0.481 e. The van der Waals surface area contributed by atoms with Crippen molar-refractivity contribution in [3.63, 3.8) is 0 Å². The molecule has 16 amide bonds. The first-order valence-electron chi connectivity index (χ1n) is 42.7. The number of carbonyl (C=O) groups is 17. The number of unbranched alkanes of at least 4 members (excludes halogenated alkanes) is 1. The zero-order valence-electron chi connectivity index (χ0n) is 71.2. The highest BCUT2D eigenvalue weighted by Gasteiger charge is 2.44. The number of nitrogens with two attached hydrogens (primary N) is 7. The molecule has 1 aliphatic heterocycles. The van der Waals surface area contributed by atoms with Gasteiger partial charge in [-0.2, -0.15) is 0 Å². The predicted molar refractivity (Wildman–Crippen MR) is 443 cm³/mol. The highest BCUT2D eigenvalue weighted by atomic mass is 16.4. The minimum absolute atomic E-state index is 0.00220. The number of hydrogen-bond donors (Lipinski definition) is 26. The van der Waals surface area contributed by atoms with Crippen molar-refractivity contribution in [2.24, 2.45) is 69.9 Å². The Kier molecular flexibility index (Phi) is 43.9. The van der Waals surface area contributed by atoms with Crippen molar-refractivity contribution in [2.75, 3.05) is 39.3 Å². The number of carboxylic acid groups (broad SMARTS) is 1. The van der Waals surface area contributed by atoms with Gasteiger partial charge in [0.05, 0.1) is 50.2 Å². The van der Waals surface area contributed by atoms with E-state index in [1.54, 1.807) is 37.3 Å². The molecule has 1 aromatic carbocycles. The Balaban J connectivity index is 1.18. The van der Waals surface area contributed by atoms with Gasteiger partial charge in [-0.05, 0) is 141 Å². The van der Waals surface area contributed by atoms with E-state index in [0.29, 0.717) is 109 Å². The van der Waals surface area contributed by atoms with E-state index < -0.39 is 223 Å². The standard InChI is InChI=1S/C79H135N25O18/c1-40(2)31-45(34-62(106)91-39-63(107)95-60(36-64(108)109)74(119)93-43(6)67(112)102-58(33-44-17-8-7-9-18-44)76(121)104-59(35-61(82)105)77(122)99-54(65(83)110)26-15-29-89-78(84)85)94-72(117)55(22-10-11-28-80)100-69(114)47-20-13-25-53(47)98-75(120)57(32-41(3)4)103-70(115)48-21-14-24-52(48)97-73(118)56(27-16-30-90-79(86)87)101-68(113)46-19-12-23-51(46)96-66(111)42(5)92-71(116)49-37-88-38-50(49)81/h7-9,17-18,40-43,45-60,78-79,88-90H,10-16,19-39,80-81,84-87H2,1-6H3,(H2,82,105)(H2,83,110)(H,91,106)(H,92,116)(H,93,119)(H,94,117)(H,95,107)(H,96,111)(H,97,118)(H,98,120)(H,99,122)(H,100,114)(H,101,113)(H,102,112)(H,103,115)(H,104,121)(H,108,109)/p+3/t42-,43-,45-,46-,47-,48-,49-,50-,51-,52-,53-,54-,55-,56-,57-,58-,59-,60-/m0/s1. The van der Waals surface area contributed by atoms with Crippen LogP contribution in [-0.4, -0.2) is 242 Å². The van der Waals surface area contributed by atoms with Crippen LogP contribution in [0, 0.1) is 35.5 Å². The normalized spacial score (nSPS) is 21.1. The van der Waals surface area contributed by atoms with E-state index in [9.17, 15) is 86.6 Å². The van der Waals surface area contributed by atoms with Crippen LogP contribution in [0.3, 0.4) is 0 Å². The van der Waals surface area contributed by atoms with Gasteiger partial charge >= 0.3 is 5.97 Å². The summed E-state index contributed by atoms with van der Waals surface area (Å²) in [7, 11) is 0. The van der Waals surface area contributed by atoms with Crippen molar-refractivity contribution in [3.05, 3.63) is 35.9 Å². The number of amides is 16. The molecule has 1 aromatic rings. The number of aliphatic carboxylic acids is 1. The highest BCUT2D eigenvalue weighted by molar-refractivity contribution is 5.99. The van der Waals surface area contributed by atoms with E-state index in [-0.39, 0.29) is 87.6 Å². The number of benzene rings is 1. The van der Waals surface area contributed by atoms with Gasteiger partial charge in [0.2, 0.25) is 94.5 Å². The van der Waals surface area contributed by atoms with Crippen LogP contribution in [0.25, 0.3) is 0 Å². The molecule has 0 aromatic heterocycles. The quantitative estimate of drug-likeness (QED) is 0.0213. The minimum atomic E-state index is -1.84. The molecule has 1 saturated heterocycles. The Hall–Kier alpha value is -10.1. The smallest absolute Gasteiger partial charge is 0.305 e. The summed E-state index contributed by atoms with van der Waals surface area (Å²) in [6.45, 7) is 11.8. The summed E-state index contributed by atoms with van der Waals surface area (Å²) in [6.07, 6.45) is 2.55. The fourth-order valence-electron chi connectivity index (χ4n) is 15.7. The fraction of sp³-hybridized carbons (Fsp3) is 0.709. The lowest BCUT2D eigenvalue weighted by Gasteiger charge is -2.29. The van der Waals surface area contributed by atoms with Crippen molar-refractivity contribution in [2.45, 2.75) is 280 Å². The first kappa shape index (κ1) is 102. The molecule has 43 heteroatoms. The molecule has 37 N–H and O–H groups in total. The lowest BCUT2D eigenvalue weighted by Crippen LogP contribution is -2.84. The molecule has 3 aliphatic carbocycles. The number of quaternary nitrogens is 3. The number of hydrogen-bond acceptors (Lipinski definition) is 23. The van der Waals surface area contributed by atoms with Gasteiger partial charge in [0, 0.05) is 37.0 Å². The van der Waals surface area contributed by atoms with Gasteiger partial charge in [0.15, 0.2) is 6.04 Å². The highest BCUT2D eigenvalue weighted by Crippen LogP contribution is 2.30. The third kappa shape index (κ3) is 36.1. The molecule has 3 saturated carbocycles. The summed E-state index contributed by atoms with van der Waals surface area (Å²) in [5, 5.41) is 55.2. The third-order valence-electron chi connectivity index (χ3n) is 22.2. The third-order valence-corrected chi connectivity index (χ3v) is 22.2. The van der Waals surface area contributed by atoms with Gasteiger partial charge in [-0.1, -0.05) is 77.3 Å². The zero-order valence-corrected chi connectivity index (χ0v) is 71.2. The molecule has 4 fully saturated rings. The second-order valence-electron chi connectivity index (χ2n) is 33.4. The Morgan fingerprint density at radius 1 is 0.443 bits per heavy atom. The maximum Gasteiger partial charge on any atom is 0.305 e. The summed E-state index contributed by atoms with van der Waals surface area (Å²) in [5.74, 6) is -16.2. The van der Waals surface area contributed by atoms with Crippen molar-refractivity contribution in [3.8, 4) is 0 Å². The van der Waals surface area contributed by atoms with Gasteiger partial charge < -0.3 is 131 Å². The summed E-state index contributed by atoms with van der Waals surface area (Å²) >= 11 is 0. The van der Waals surface area contributed by atoms with Gasteiger partial charge in [-0.15, -0.1) is 0 Å². The Bertz CT molecular complexity index is 3690. The second kappa shape index (κ2) is 52.3. The van der Waals surface area contributed by atoms with Crippen molar-refractivity contribution < 1.29 is 103 Å². The number of carboxylic acids is 1. The number of primary amides is 2. The molecule has 0 radical (unpaired) electrons. The zero-order chi connectivity index (χ0) is 90.4. The monoisotopic (exact) mass is 1730 g/mol. The molecule has 43 nitrogen and oxygen atoms in total. The van der Waals surface area contributed by atoms with Crippen molar-refractivity contribution >= 4 is 100 Å². The summed E-state index contributed by atoms with van der Waals surface area (Å²) < 4.78 is 0. The summed E-state index contributed by atoms with van der Waals surface area (Å²) in [4.78, 5) is 232. The number of nitrogens with one attached hydrogen (secondary N) is 16. The van der Waals surface area contributed by atoms with Crippen LogP contribution in [-0.2, 0) is 87.9 Å². The summed E-state index contributed by atoms with van der Waals surface area (Å²) in [6, 6.07) is -6.70. The maximum atomic E-state index is 14.5. The molecule has 0 spiro atoms. The fourth-order valence-corrected chi connectivity index (χ4v) is 15.7. The SMILES string of the molecule is CC(C)C[C@@H](CC(=O)NCC(=O)N[C@@H](CC(=O)O)C(=O)N[C@@H](C)C(=O)N[C@@H](Cc1ccccc1)C(=O)N[C@@H](CC(N)=O)C(=O)N[C@@H](CCCNC(N)N)C(N)=O)NC(=O)[C@H](CCCC[NH3+])NC(=O)[C@H]1CCC[C@@H]1NC(=O)[C@H](CC(C)C)NC(=O)[C@H]1CCC[C@@H]1NC(=O)[C@H](CCCNC(N)N)NC(=O)[C@H]1CCC[C@@H]1NC(=O)[C@H](C)NC(=O)[C@H]1C[NH2+]C[C@@H]1[NH3+]. The molecule has 18 atom stereocenters. The lowest BCUT2D eigenvalue weighted by molar-refractivity contribution is -0.649. The summed E-state index contributed by atoms with van der Waals surface area (Å²) in [5.41, 5.74) is 41.9. The Labute approximate surface area is 711 Å². The van der Waals surface area contributed by atoms with Crippen LogP contribution in [0.4, 0.5) is 0 Å². The van der Waals surface area contributed by atoms with Gasteiger partial charge in [-0.3, -0.25) is 92.1 Å². The van der Waals surface area contributed by atoms with Crippen molar-refractivity contribution in [1.82, 2.24) is 85.1 Å². The van der Waals surface area contributed by atoms with Gasteiger partial charge in [0.25, 0.3) is 0 Å². The largest absolute Gasteiger partial charge is 0.481 e. The molecule has 4 aliphatic rings. The van der Waals surface area contributed by atoms with E-state index in [0.717, 1.165) is 0 Å². The molecule has 0 bridgehead atoms. The first-order valence-corrected chi connectivity index (χ1v) is 42.7. The molecular formula is C79H138N25O18+3.